The Kier molecular flexibility index (Phi) is 5.11. The highest BCUT2D eigenvalue weighted by Gasteiger charge is 2.31. The molecule has 6 nitrogen and oxygen atoms in total. The van der Waals surface area contributed by atoms with Crippen molar-refractivity contribution in [2.45, 2.75) is 37.8 Å². The molecule has 1 N–H and O–H groups in total. The van der Waals surface area contributed by atoms with Crippen LogP contribution in [0.15, 0.2) is 24.3 Å². The van der Waals surface area contributed by atoms with E-state index in [1.807, 2.05) is 11.0 Å². The van der Waals surface area contributed by atoms with Gasteiger partial charge in [-0.25, -0.2) is 0 Å². The molecular formula is C18H21N3O3. The van der Waals surface area contributed by atoms with Gasteiger partial charge in [-0.05, 0) is 43.9 Å². The normalized spacial score (nSPS) is 21.3. The average molecular weight is 327 g/mol. The molecule has 6 heteroatoms. The Morgan fingerprint density at radius 2 is 2.04 bits per heavy atom. The van der Waals surface area contributed by atoms with Gasteiger partial charge in [0.2, 0.25) is 0 Å². The third kappa shape index (κ3) is 3.74. The molecule has 126 valence electrons. The number of carbonyl (C=O) groups is 2. The van der Waals surface area contributed by atoms with Gasteiger partial charge in [-0.1, -0.05) is 6.07 Å². The molecule has 2 aliphatic heterocycles. The predicted molar refractivity (Wildman–Crippen MR) is 87.2 cm³/mol. The van der Waals surface area contributed by atoms with Crippen LogP contribution in [-0.2, 0) is 9.53 Å². The highest BCUT2D eigenvalue weighted by atomic mass is 16.5. The van der Waals surface area contributed by atoms with E-state index in [2.05, 4.69) is 5.32 Å². The van der Waals surface area contributed by atoms with Gasteiger partial charge in [0.05, 0.1) is 11.6 Å². The van der Waals surface area contributed by atoms with Gasteiger partial charge in [-0.15, -0.1) is 0 Å². The number of benzene rings is 1. The summed E-state index contributed by atoms with van der Waals surface area (Å²) in [6.45, 7) is 1.95. The van der Waals surface area contributed by atoms with Crippen molar-refractivity contribution in [1.29, 1.82) is 5.26 Å². The third-order valence-corrected chi connectivity index (χ3v) is 4.60. The smallest absolute Gasteiger partial charge is 0.251 e. The lowest BCUT2D eigenvalue weighted by molar-refractivity contribution is -0.142. The lowest BCUT2D eigenvalue weighted by Gasteiger charge is -2.33. The molecule has 1 aromatic carbocycles. The number of ether oxygens (including phenoxy) is 1. The van der Waals surface area contributed by atoms with Crippen LogP contribution in [0.3, 0.4) is 0 Å². The van der Waals surface area contributed by atoms with E-state index in [1.54, 1.807) is 24.3 Å². The van der Waals surface area contributed by atoms with Crippen LogP contribution < -0.4 is 5.32 Å². The number of nitriles is 1. The number of carbonyl (C=O) groups excluding carboxylic acids is 2. The molecule has 3 rings (SSSR count). The fourth-order valence-corrected chi connectivity index (χ4v) is 3.22. The van der Waals surface area contributed by atoms with E-state index in [0.717, 1.165) is 25.7 Å². The third-order valence-electron chi connectivity index (χ3n) is 4.60. The van der Waals surface area contributed by atoms with Gasteiger partial charge in [-0.2, -0.15) is 5.26 Å². The fraction of sp³-hybridized carbons (Fsp3) is 0.500. The van der Waals surface area contributed by atoms with E-state index < -0.39 is 0 Å². The van der Waals surface area contributed by atoms with E-state index >= 15 is 0 Å². The van der Waals surface area contributed by atoms with Gasteiger partial charge >= 0.3 is 0 Å². The van der Waals surface area contributed by atoms with Gasteiger partial charge in [0.15, 0.2) is 0 Å². The number of hydrogen-bond acceptors (Lipinski definition) is 4. The van der Waals surface area contributed by atoms with Crippen molar-refractivity contribution in [2.75, 3.05) is 19.7 Å². The van der Waals surface area contributed by atoms with Gasteiger partial charge < -0.3 is 15.0 Å². The summed E-state index contributed by atoms with van der Waals surface area (Å²) >= 11 is 0. The van der Waals surface area contributed by atoms with Crippen LogP contribution in [-0.4, -0.2) is 48.6 Å². The first-order chi connectivity index (χ1) is 11.7. The Hall–Kier alpha value is -2.39. The molecule has 1 atom stereocenters. The number of nitrogens with zero attached hydrogens (tertiary/aromatic N) is 2. The monoisotopic (exact) mass is 327 g/mol. The highest BCUT2D eigenvalue weighted by Crippen LogP contribution is 2.18. The van der Waals surface area contributed by atoms with Gasteiger partial charge in [0.25, 0.3) is 11.8 Å². The van der Waals surface area contributed by atoms with Gasteiger partial charge in [0, 0.05) is 31.3 Å². The Morgan fingerprint density at radius 1 is 1.25 bits per heavy atom. The Bertz CT molecular complexity index is 654. The number of hydrogen-bond donors (Lipinski definition) is 1. The van der Waals surface area contributed by atoms with Crippen molar-refractivity contribution in [3.8, 4) is 6.07 Å². The SMILES string of the molecule is N#Cc1cccc(C(=O)NC2CCN(C(=O)C3CCCO3)CC2)c1. The number of likely N-dealkylation sites (tertiary alicyclic amines) is 1. The van der Waals surface area contributed by atoms with Crippen molar-refractivity contribution in [3.05, 3.63) is 35.4 Å². The zero-order chi connectivity index (χ0) is 16.9. The maximum absolute atomic E-state index is 12.3. The summed E-state index contributed by atoms with van der Waals surface area (Å²) in [4.78, 5) is 26.4. The van der Waals surface area contributed by atoms with Crippen molar-refractivity contribution in [3.63, 3.8) is 0 Å². The minimum absolute atomic E-state index is 0.0526. The minimum Gasteiger partial charge on any atom is -0.368 e. The van der Waals surface area contributed by atoms with Crippen LogP contribution in [0.5, 0.6) is 0 Å². The molecular weight excluding hydrogens is 306 g/mol. The quantitative estimate of drug-likeness (QED) is 0.911. The second-order valence-electron chi connectivity index (χ2n) is 6.27. The summed E-state index contributed by atoms with van der Waals surface area (Å²) in [5.41, 5.74) is 0.964. The Morgan fingerprint density at radius 3 is 2.71 bits per heavy atom. The summed E-state index contributed by atoms with van der Waals surface area (Å²) in [5, 5.41) is 11.9. The second-order valence-corrected chi connectivity index (χ2v) is 6.27. The summed E-state index contributed by atoms with van der Waals surface area (Å²) in [5.74, 6) is -0.0880. The number of nitrogens with one attached hydrogen (secondary N) is 1. The van der Waals surface area contributed by atoms with E-state index in [9.17, 15) is 9.59 Å². The first kappa shape index (κ1) is 16.5. The van der Waals surface area contributed by atoms with E-state index in [-0.39, 0.29) is 24.0 Å². The van der Waals surface area contributed by atoms with Crippen LogP contribution >= 0.6 is 0 Å². The summed E-state index contributed by atoms with van der Waals surface area (Å²) in [6.07, 6.45) is 2.96. The largest absolute Gasteiger partial charge is 0.368 e. The molecule has 0 bridgehead atoms. The van der Waals surface area contributed by atoms with Crippen molar-refractivity contribution in [2.24, 2.45) is 0 Å². The Balaban J connectivity index is 1.50. The van der Waals surface area contributed by atoms with Crippen LogP contribution in [0.4, 0.5) is 0 Å². The molecule has 2 aliphatic rings. The lowest BCUT2D eigenvalue weighted by atomic mass is 10.0. The summed E-state index contributed by atoms with van der Waals surface area (Å²) in [6, 6.07) is 8.75. The standard InChI is InChI=1S/C18H21N3O3/c19-12-13-3-1-4-14(11-13)17(22)20-15-6-8-21(9-7-15)18(23)16-5-2-10-24-16/h1,3-4,11,15-16H,2,5-10H2,(H,20,22). The fourth-order valence-electron chi connectivity index (χ4n) is 3.22. The zero-order valence-electron chi connectivity index (χ0n) is 13.5. The minimum atomic E-state index is -0.273. The van der Waals surface area contributed by atoms with Crippen LogP contribution in [0, 0.1) is 11.3 Å². The molecule has 2 fully saturated rings. The van der Waals surface area contributed by atoms with Crippen molar-refractivity contribution >= 4 is 11.8 Å². The molecule has 0 spiro atoms. The number of rotatable bonds is 3. The molecule has 2 amide bonds. The molecule has 2 heterocycles. The second kappa shape index (κ2) is 7.45. The van der Waals surface area contributed by atoms with Gasteiger partial charge in [-0.3, -0.25) is 9.59 Å². The number of amides is 2. The van der Waals surface area contributed by atoms with Crippen molar-refractivity contribution < 1.29 is 14.3 Å². The molecule has 24 heavy (non-hydrogen) atoms. The first-order valence-electron chi connectivity index (χ1n) is 8.39. The first-order valence-corrected chi connectivity index (χ1v) is 8.39. The summed E-state index contributed by atoms with van der Waals surface area (Å²) in [7, 11) is 0. The van der Waals surface area contributed by atoms with E-state index in [0.29, 0.717) is 30.8 Å². The Labute approximate surface area is 141 Å². The number of piperidine rings is 1. The molecule has 0 saturated carbocycles. The van der Waals surface area contributed by atoms with Gasteiger partial charge in [0.1, 0.15) is 6.10 Å². The molecule has 2 saturated heterocycles. The predicted octanol–water partition coefficient (Wildman–Crippen LogP) is 1.46. The van der Waals surface area contributed by atoms with Crippen molar-refractivity contribution in [1.82, 2.24) is 10.2 Å². The average Bonchev–Trinajstić information content (AvgIpc) is 3.16. The zero-order valence-corrected chi connectivity index (χ0v) is 13.5. The molecule has 0 radical (unpaired) electrons. The summed E-state index contributed by atoms with van der Waals surface area (Å²) < 4.78 is 5.45. The lowest BCUT2D eigenvalue weighted by Crippen LogP contribution is -2.49. The van der Waals surface area contributed by atoms with E-state index in [1.165, 1.54) is 0 Å². The topological polar surface area (TPSA) is 82.4 Å². The maximum atomic E-state index is 12.3. The van der Waals surface area contributed by atoms with Crippen LogP contribution in [0.25, 0.3) is 0 Å². The van der Waals surface area contributed by atoms with Crippen LogP contribution in [0.1, 0.15) is 41.6 Å². The maximum Gasteiger partial charge on any atom is 0.251 e. The molecule has 1 unspecified atom stereocenters. The van der Waals surface area contributed by atoms with E-state index in [4.69, 9.17) is 10.00 Å². The van der Waals surface area contributed by atoms with Crippen LogP contribution in [0.2, 0.25) is 0 Å². The highest BCUT2D eigenvalue weighted by molar-refractivity contribution is 5.94. The molecule has 1 aromatic rings. The molecule has 0 aromatic heterocycles. The molecule has 0 aliphatic carbocycles.